The molecule has 0 fully saturated rings. The molecule has 3 nitrogen and oxygen atoms in total. The van der Waals surface area contributed by atoms with Gasteiger partial charge in [-0.1, -0.05) is 60.3 Å². The van der Waals surface area contributed by atoms with Crippen LogP contribution in [-0.2, 0) is 11.4 Å². The van der Waals surface area contributed by atoms with Gasteiger partial charge in [-0.2, -0.15) is 5.26 Å². The van der Waals surface area contributed by atoms with Crippen molar-refractivity contribution in [1.82, 2.24) is 0 Å². The minimum absolute atomic E-state index is 0.0985. The van der Waals surface area contributed by atoms with Crippen LogP contribution in [0.25, 0.3) is 6.08 Å². The van der Waals surface area contributed by atoms with Gasteiger partial charge in [-0.3, -0.25) is 4.79 Å². The van der Waals surface area contributed by atoms with Crippen molar-refractivity contribution in [1.29, 1.82) is 5.26 Å². The molecule has 0 saturated carbocycles. The van der Waals surface area contributed by atoms with Crippen LogP contribution in [0.1, 0.15) is 23.6 Å². The highest BCUT2D eigenvalue weighted by atomic mass is 32.2. The van der Waals surface area contributed by atoms with Crippen molar-refractivity contribution in [3.63, 3.8) is 0 Å². The van der Waals surface area contributed by atoms with E-state index in [9.17, 15) is 10.1 Å². The van der Waals surface area contributed by atoms with Gasteiger partial charge in [0.2, 0.25) is 0 Å². The van der Waals surface area contributed by atoms with Crippen molar-refractivity contribution in [3.05, 3.63) is 71.3 Å². The van der Waals surface area contributed by atoms with Gasteiger partial charge in [0, 0.05) is 12.7 Å². The van der Waals surface area contributed by atoms with E-state index in [1.54, 1.807) is 13.0 Å². The summed E-state index contributed by atoms with van der Waals surface area (Å²) in [5, 5.41) is 9.29. The van der Waals surface area contributed by atoms with Crippen molar-refractivity contribution in [2.24, 2.45) is 0 Å². The lowest BCUT2D eigenvalue weighted by atomic mass is 10.1. The zero-order valence-electron chi connectivity index (χ0n) is 12.9. The summed E-state index contributed by atoms with van der Waals surface area (Å²) in [5.41, 5.74) is 2.50. The highest BCUT2D eigenvalue weighted by molar-refractivity contribution is 8.13. The first kappa shape index (κ1) is 16.9. The second-order valence-electron chi connectivity index (χ2n) is 4.85. The molecule has 0 aliphatic heterocycles. The third-order valence-corrected chi connectivity index (χ3v) is 3.82. The molecule has 2 aromatic rings. The quantitative estimate of drug-likeness (QED) is 0.789. The highest BCUT2D eigenvalue weighted by Gasteiger charge is 2.04. The smallest absolute Gasteiger partial charge is 0.186 e. The molecule has 0 amide bonds. The molecule has 0 N–H and O–H groups in total. The minimum Gasteiger partial charge on any atom is -0.488 e. The van der Waals surface area contributed by atoms with Crippen LogP contribution in [0.2, 0.25) is 0 Å². The van der Waals surface area contributed by atoms with Crippen LogP contribution in [0.3, 0.4) is 0 Å². The molecule has 23 heavy (non-hydrogen) atoms. The number of nitrogens with zero attached hydrogens (tertiary/aromatic N) is 1. The summed E-state index contributed by atoms with van der Waals surface area (Å²) in [4.78, 5) is 10.9. The molecule has 0 aromatic heterocycles. The molecule has 0 aliphatic rings. The van der Waals surface area contributed by atoms with Crippen LogP contribution < -0.4 is 4.74 Å². The van der Waals surface area contributed by atoms with E-state index in [2.05, 4.69) is 6.07 Å². The Hall–Kier alpha value is -2.51. The SMILES string of the molecule is CC(=O)SCC=Cc1ccc(C#N)c(OCc2ccccc2)c1. The van der Waals surface area contributed by atoms with Crippen molar-refractivity contribution < 1.29 is 9.53 Å². The predicted molar refractivity (Wildman–Crippen MR) is 94.1 cm³/mol. The number of rotatable bonds is 6. The van der Waals surface area contributed by atoms with Crippen LogP contribution in [0.5, 0.6) is 5.75 Å². The summed E-state index contributed by atoms with van der Waals surface area (Å²) >= 11 is 1.26. The zero-order chi connectivity index (χ0) is 16.5. The first-order valence-corrected chi connectivity index (χ1v) is 8.18. The Labute approximate surface area is 140 Å². The summed E-state index contributed by atoms with van der Waals surface area (Å²) in [5.74, 6) is 1.20. The Bertz CT molecular complexity index is 733. The van der Waals surface area contributed by atoms with Gasteiger partial charge in [0.05, 0.1) is 5.56 Å². The van der Waals surface area contributed by atoms with Gasteiger partial charge < -0.3 is 4.74 Å². The van der Waals surface area contributed by atoms with Gasteiger partial charge in [0.25, 0.3) is 0 Å². The number of benzene rings is 2. The van der Waals surface area contributed by atoms with E-state index < -0.39 is 0 Å². The Morgan fingerprint density at radius 2 is 2.04 bits per heavy atom. The first-order chi connectivity index (χ1) is 11.2. The Balaban J connectivity index is 2.06. The summed E-state index contributed by atoms with van der Waals surface area (Å²) in [7, 11) is 0. The summed E-state index contributed by atoms with van der Waals surface area (Å²) < 4.78 is 5.78. The van der Waals surface area contributed by atoms with Gasteiger partial charge >= 0.3 is 0 Å². The molecular weight excluding hydrogens is 306 g/mol. The van der Waals surface area contributed by atoms with Gasteiger partial charge in [0.1, 0.15) is 18.4 Å². The predicted octanol–water partition coefficient (Wildman–Crippen LogP) is 4.43. The number of carbonyl (C=O) groups excluding carboxylic acids is 1. The fourth-order valence-corrected chi connectivity index (χ4v) is 2.37. The lowest BCUT2D eigenvalue weighted by molar-refractivity contribution is -0.109. The second-order valence-corrected chi connectivity index (χ2v) is 6.04. The standard InChI is InChI=1S/C19H17NO2S/c1-15(21)23-11-5-8-16-9-10-18(13-20)19(12-16)22-14-17-6-3-2-4-7-17/h2-10,12H,11,14H2,1H3. The molecule has 0 bridgehead atoms. The van der Waals surface area contributed by atoms with Crippen LogP contribution in [-0.4, -0.2) is 10.9 Å². The molecule has 0 heterocycles. The molecule has 0 spiro atoms. The minimum atomic E-state index is 0.0985. The van der Waals surface area contributed by atoms with E-state index in [0.29, 0.717) is 23.7 Å². The third-order valence-electron chi connectivity index (χ3n) is 3.06. The highest BCUT2D eigenvalue weighted by Crippen LogP contribution is 2.22. The number of nitriles is 1. The molecule has 0 atom stereocenters. The lowest BCUT2D eigenvalue weighted by Crippen LogP contribution is -1.97. The monoisotopic (exact) mass is 323 g/mol. The Kier molecular flexibility index (Phi) is 6.46. The van der Waals surface area contributed by atoms with Crippen molar-refractivity contribution >= 4 is 23.0 Å². The van der Waals surface area contributed by atoms with Gasteiger partial charge in [0.15, 0.2) is 5.12 Å². The molecular formula is C19H17NO2S. The molecule has 0 saturated heterocycles. The molecule has 0 aliphatic carbocycles. The molecule has 116 valence electrons. The molecule has 0 unspecified atom stereocenters. The maximum atomic E-state index is 10.9. The first-order valence-electron chi connectivity index (χ1n) is 7.20. The van der Waals surface area contributed by atoms with Crippen molar-refractivity contribution in [2.75, 3.05) is 5.75 Å². The van der Waals surface area contributed by atoms with Crippen LogP contribution in [0.4, 0.5) is 0 Å². The third kappa shape index (κ3) is 5.65. The zero-order valence-corrected chi connectivity index (χ0v) is 13.7. The second kappa shape index (κ2) is 8.82. The van der Waals surface area contributed by atoms with E-state index >= 15 is 0 Å². The van der Waals surface area contributed by atoms with E-state index in [0.717, 1.165) is 11.1 Å². The summed E-state index contributed by atoms with van der Waals surface area (Å²) in [6.45, 7) is 1.97. The average Bonchev–Trinajstić information content (AvgIpc) is 2.58. The average molecular weight is 323 g/mol. The van der Waals surface area contributed by atoms with E-state index in [4.69, 9.17) is 4.74 Å². The van der Waals surface area contributed by atoms with Gasteiger partial charge in [-0.05, 0) is 23.3 Å². The topological polar surface area (TPSA) is 50.1 Å². The number of hydrogen-bond acceptors (Lipinski definition) is 4. The maximum Gasteiger partial charge on any atom is 0.186 e. The summed E-state index contributed by atoms with van der Waals surface area (Å²) in [6.07, 6.45) is 3.85. The summed E-state index contributed by atoms with van der Waals surface area (Å²) in [6, 6.07) is 17.4. The number of carbonyl (C=O) groups is 1. The van der Waals surface area contributed by atoms with Crippen LogP contribution in [0.15, 0.2) is 54.6 Å². The fourth-order valence-electron chi connectivity index (χ4n) is 1.94. The molecule has 2 aromatic carbocycles. The van der Waals surface area contributed by atoms with Crippen LogP contribution >= 0.6 is 11.8 Å². The molecule has 0 radical (unpaired) electrons. The van der Waals surface area contributed by atoms with Crippen LogP contribution in [0, 0.1) is 11.3 Å². The normalized spacial score (nSPS) is 10.4. The molecule has 2 rings (SSSR count). The maximum absolute atomic E-state index is 10.9. The largest absolute Gasteiger partial charge is 0.488 e. The fraction of sp³-hybridized carbons (Fsp3) is 0.158. The number of thioether (sulfide) groups is 1. The lowest BCUT2D eigenvalue weighted by Gasteiger charge is -2.09. The van der Waals surface area contributed by atoms with E-state index in [1.165, 1.54) is 11.8 Å². The molecule has 4 heteroatoms. The van der Waals surface area contributed by atoms with E-state index in [-0.39, 0.29) is 5.12 Å². The number of ether oxygens (including phenoxy) is 1. The Morgan fingerprint density at radius 3 is 2.74 bits per heavy atom. The van der Waals surface area contributed by atoms with E-state index in [1.807, 2.05) is 54.6 Å². The van der Waals surface area contributed by atoms with Gasteiger partial charge in [-0.25, -0.2) is 0 Å². The van der Waals surface area contributed by atoms with Gasteiger partial charge in [-0.15, -0.1) is 0 Å². The Morgan fingerprint density at radius 1 is 1.26 bits per heavy atom. The number of hydrogen-bond donors (Lipinski definition) is 0. The van der Waals surface area contributed by atoms with Crippen molar-refractivity contribution in [2.45, 2.75) is 13.5 Å². The van der Waals surface area contributed by atoms with Crippen molar-refractivity contribution in [3.8, 4) is 11.8 Å².